The van der Waals surface area contributed by atoms with Crippen molar-refractivity contribution in [1.29, 1.82) is 0 Å². The first kappa shape index (κ1) is 32.9. The summed E-state index contributed by atoms with van der Waals surface area (Å²) in [5.41, 5.74) is 2.31. The molecule has 0 spiro atoms. The van der Waals surface area contributed by atoms with E-state index in [9.17, 15) is 18.8 Å². The van der Waals surface area contributed by atoms with Gasteiger partial charge in [-0.05, 0) is 54.4 Å². The zero-order chi connectivity index (χ0) is 32.4. The van der Waals surface area contributed by atoms with E-state index in [0.717, 1.165) is 5.56 Å². The van der Waals surface area contributed by atoms with Gasteiger partial charge in [-0.3, -0.25) is 9.59 Å². The van der Waals surface area contributed by atoms with Crippen LogP contribution in [0, 0.1) is 11.2 Å². The Balaban J connectivity index is 1.38. The molecule has 0 aliphatic heterocycles. The lowest BCUT2D eigenvalue weighted by Gasteiger charge is -2.29. The molecule has 4 aromatic carbocycles. The molecule has 0 radical (unpaired) electrons. The van der Waals surface area contributed by atoms with Crippen molar-refractivity contribution in [2.24, 2.45) is 5.41 Å². The molecule has 4 rings (SSSR count). The number of methoxy groups -OCH3 is 1. The smallest absolute Gasteiger partial charge is 0.328 e. The summed E-state index contributed by atoms with van der Waals surface area (Å²) in [7, 11) is 1.33. The highest BCUT2D eigenvalue weighted by Gasteiger charge is 2.28. The van der Waals surface area contributed by atoms with Crippen molar-refractivity contribution in [1.82, 2.24) is 0 Å². The summed E-state index contributed by atoms with van der Waals surface area (Å²) in [5.74, 6) is -0.460. The number of benzene rings is 4. The van der Waals surface area contributed by atoms with Gasteiger partial charge >= 0.3 is 5.97 Å². The Hall–Kier alpha value is -4.98. The van der Waals surface area contributed by atoms with Gasteiger partial charge in [0.05, 0.1) is 13.7 Å². The Morgan fingerprint density at radius 2 is 1.56 bits per heavy atom. The number of amides is 1. The van der Waals surface area contributed by atoms with Crippen LogP contribution < -0.4 is 15.0 Å². The second-order valence-electron chi connectivity index (χ2n) is 11.7. The Morgan fingerprint density at radius 3 is 2.22 bits per heavy atom. The van der Waals surface area contributed by atoms with Crippen LogP contribution in [0.2, 0.25) is 0 Å². The lowest BCUT2D eigenvalue weighted by atomic mass is 9.94. The lowest BCUT2D eigenvalue weighted by molar-refractivity contribution is -0.141. The number of hydrogen-bond donors (Lipinski definition) is 1. The predicted octanol–water partition coefficient (Wildman–Crippen LogP) is 7.10. The van der Waals surface area contributed by atoms with Crippen molar-refractivity contribution in [3.8, 4) is 5.75 Å². The molecule has 0 unspecified atom stereocenters. The van der Waals surface area contributed by atoms with E-state index in [4.69, 9.17) is 9.47 Å². The third-order valence-electron chi connectivity index (χ3n) is 7.19. The maximum atomic E-state index is 13.9. The van der Waals surface area contributed by atoms with Crippen LogP contribution in [0.3, 0.4) is 0 Å². The van der Waals surface area contributed by atoms with Gasteiger partial charge in [-0.2, -0.15) is 0 Å². The molecule has 0 bridgehead atoms. The fraction of sp³-hybridized carbons (Fsp3) is 0.270. The highest BCUT2D eigenvalue weighted by molar-refractivity contribution is 6.12. The summed E-state index contributed by atoms with van der Waals surface area (Å²) >= 11 is 0. The number of ether oxygens (including phenoxy) is 2. The molecule has 7 nitrogen and oxygen atoms in total. The zero-order valence-corrected chi connectivity index (χ0v) is 26.1. The summed E-state index contributed by atoms with van der Waals surface area (Å²) in [4.78, 5) is 40.6. The number of hydrogen-bond acceptors (Lipinski definition) is 6. The van der Waals surface area contributed by atoms with E-state index in [1.165, 1.54) is 19.2 Å². The summed E-state index contributed by atoms with van der Waals surface area (Å²) in [6.07, 6.45) is 0.855. The van der Waals surface area contributed by atoms with Crippen molar-refractivity contribution in [2.75, 3.05) is 30.5 Å². The first-order valence-corrected chi connectivity index (χ1v) is 14.9. The fourth-order valence-electron chi connectivity index (χ4n) is 4.84. The van der Waals surface area contributed by atoms with E-state index >= 15 is 0 Å². The molecule has 45 heavy (non-hydrogen) atoms. The van der Waals surface area contributed by atoms with Gasteiger partial charge in [0, 0.05) is 40.9 Å². The third kappa shape index (κ3) is 9.01. The molecule has 0 fully saturated rings. The van der Waals surface area contributed by atoms with Crippen LogP contribution in [0.1, 0.15) is 48.7 Å². The largest absolute Gasteiger partial charge is 0.494 e. The first-order valence-electron chi connectivity index (χ1n) is 14.9. The van der Waals surface area contributed by atoms with Gasteiger partial charge in [-0.1, -0.05) is 81.4 Å². The van der Waals surface area contributed by atoms with Crippen LogP contribution in [0.15, 0.2) is 103 Å². The molecule has 234 valence electrons. The molecule has 0 saturated carbocycles. The second-order valence-corrected chi connectivity index (χ2v) is 11.7. The molecule has 1 N–H and O–H groups in total. The molecular formula is C37H39FN2O5. The van der Waals surface area contributed by atoms with Gasteiger partial charge in [0.2, 0.25) is 5.91 Å². The minimum absolute atomic E-state index is 0.0988. The summed E-state index contributed by atoms with van der Waals surface area (Å²) < 4.78 is 24.9. The predicted molar refractivity (Wildman–Crippen MR) is 174 cm³/mol. The van der Waals surface area contributed by atoms with Crippen molar-refractivity contribution in [3.63, 3.8) is 0 Å². The van der Waals surface area contributed by atoms with Gasteiger partial charge in [0.25, 0.3) is 0 Å². The molecule has 8 heteroatoms. The number of esters is 1. The number of ketones is 1. The normalized spacial score (nSPS) is 11.8. The van der Waals surface area contributed by atoms with E-state index in [-0.39, 0.29) is 11.7 Å². The highest BCUT2D eigenvalue weighted by Crippen LogP contribution is 2.25. The van der Waals surface area contributed by atoms with E-state index in [2.05, 4.69) is 5.32 Å². The van der Waals surface area contributed by atoms with Crippen molar-refractivity contribution < 1.29 is 28.2 Å². The van der Waals surface area contributed by atoms with Gasteiger partial charge in [-0.15, -0.1) is 0 Å². The maximum Gasteiger partial charge on any atom is 0.328 e. The minimum Gasteiger partial charge on any atom is -0.494 e. The third-order valence-corrected chi connectivity index (χ3v) is 7.19. The van der Waals surface area contributed by atoms with Gasteiger partial charge in [0.1, 0.15) is 17.6 Å². The molecule has 0 saturated heterocycles. The molecule has 0 aromatic heterocycles. The van der Waals surface area contributed by atoms with Crippen LogP contribution >= 0.6 is 0 Å². The maximum absolute atomic E-state index is 13.9. The van der Waals surface area contributed by atoms with Gasteiger partial charge in [0.15, 0.2) is 5.78 Å². The highest BCUT2D eigenvalue weighted by atomic mass is 19.1. The van der Waals surface area contributed by atoms with E-state index in [0.29, 0.717) is 54.2 Å². The number of anilines is 2. The fourth-order valence-corrected chi connectivity index (χ4v) is 4.84. The summed E-state index contributed by atoms with van der Waals surface area (Å²) in [6, 6.07) is 28.8. The average molecular weight is 611 g/mol. The van der Waals surface area contributed by atoms with Crippen molar-refractivity contribution in [3.05, 3.63) is 126 Å². The number of rotatable bonds is 13. The SMILES string of the molecule is COC(=O)[C@H](Cc1ccc(OCCCN(C(=O)C(C)(C)C)c2cccc(F)c2)cc1)Nc1ccccc1C(=O)c1ccccc1. The van der Waals surface area contributed by atoms with E-state index < -0.39 is 23.2 Å². The molecule has 0 aliphatic rings. The van der Waals surface area contributed by atoms with Crippen LogP contribution in [0.4, 0.5) is 15.8 Å². The molecule has 0 heterocycles. The van der Waals surface area contributed by atoms with Gasteiger partial charge < -0.3 is 19.7 Å². The van der Waals surface area contributed by atoms with Crippen LogP contribution in [0.25, 0.3) is 0 Å². The number of nitrogens with zero attached hydrogens (tertiary/aromatic N) is 1. The topological polar surface area (TPSA) is 84.9 Å². The second kappa shape index (κ2) is 15.1. The van der Waals surface area contributed by atoms with Crippen molar-refractivity contribution >= 4 is 29.0 Å². The van der Waals surface area contributed by atoms with E-state index in [1.54, 1.807) is 53.4 Å². The first-order chi connectivity index (χ1) is 21.6. The number of nitrogens with one attached hydrogen (secondary N) is 1. The number of carbonyl (C=O) groups excluding carboxylic acids is 3. The van der Waals surface area contributed by atoms with Crippen LogP contribution in [-0.4, -0.2) is 44.0 Å². The molecule has 4 aromatic rings. The number of halogens is 1. The summed E-state index contributed by atoms with van der Waals surface area (Å²) in [5, 5.41) is 3.22. The number of para-hydroxylation sites is 1. The van der Waals surface area contributed by atoms with Crippen LogP contribution in [-0.2, 0) is 20.7 Å². The quantitative estimate of drug-likeness (QED) is 0.0988. The molecule has 1 amide bonds. The Labute approximate surface area is 264 Å². The minimum atomic E-state index is -0.736. The Morgan fingerprint density at radius 1 is 0.867 bits per heavy atom. The van der Waals surface area contributed by atoms with Gasteiger partial charge in [-0.25, -0.2) is 9.18 Å². The average Bonchev–Trinajstić information content (AvgIpc) is 3.04. The molecule has 1 atom stereocenters. The van der Waals surface area contributed by atoms with E-state index in [1.807, 2.05) is 63.2 Å². The molecular weight excluding hydrogens is 571 g/mol. The number of carbonyl (C=O) groups is 3. The Kier molecular flexibility index (Phi) is 11.1. The lowest BCUT2D eigenvalue weighted by Crippen LogP contribution is -2.40. The van der Waals surface area contributed by atoms with Crippen LogP contribution in [0.5, 0.6) is 5.75 Å². The molecule has 0 aliphatic carbocycles. The van der Waals surface area contributed by atoms with Crippen molar-refractivity contribution in [2.45, 2.75) is 39.7 Å². The monoisotopic (exact) mass is 610 g/mol. The Bertz CT molecular complexity index is 1600. The standard InChI is InChI=1S/C37H39FN2O5/c1-37(2,3)36(43)40(29-15-10-14-28(38)25-29)22-11-23-45-30-20-18-26(19-21-30)24-33(35(42)44-4)39-32-17-9-8-16-31(32)34(41)27-12-6-5-7-13-27/h5-10,12-21,25,33,39H,11,22-24H2,1-4H3/t33-/m0/s1. The summed E-state index contributed by atoms with van der Waals surface area (Å²) in [6.45, 7) is 6.23. The zero-order valence-electron chi connectivity index (χ0n) is 26.1.